The van der Waals surface area contributed by atoms with Crippen LogP contribution in [0.5, 0.6) is 5.75 Å². The molecule has 0 radical (unpaired) electrons. The number of ether oxygens (including phenoxy) is 1. The van der Waals surface area contributed by atoms with Crippen molar-refractivity contribution < 1.29 is 23.1 Å². The molecule has 6 nitrogen and oxygen atoms in total. The number of hydrogen-bond donors (Lipinski definition) is 2. The van der Waals surface area contributed by atoms with Crippen LogP contribution in [0, 0.1) is 5.92 Å². The van der Waals surface area contributed by atoms with E-state index in [0.717, 1.165) is 11.3 Å². The SMILES string of the molecule is O=C(Nc1cccc(OC(F)F)c1)C1CCCN(C(=O)NCc2cccs2)C1. The predicted octanol–water partition coefficient (Wildman–Crippen LogP) is 3.91. The number of thiophene rings is 1. The van der Waals surface area contributed by atoms with Gasteiger partial charge in [0.05, 0.1) is 12.5 Å². The summed E-state index contributed by atoms with van der Waals surface area (Å²) in [6, 6.07) is 9.54. The maximum absolute atomic E-state index is 12.6. The van der Waals surface area contributed by atoms with Crippen LogP contribution >= 0.6 is 11.3 Å². The predicted molar refractivity (Wildman–Crippen MR) is 103 cm³/mol. The van der Waals surface area contributed by atoms with Crippen molar-refractivity contribution in [2.24, 2.45) is 5.92 Å². The van der Waals surface area contributed by atoms with Crippen LogP contribution in [0.4, 0.5) is 19.3 Å². The zero-order valence-corrected chi connectivity index (χ0v) is 15.9. The van der Waals surface area contributed by atoms with E-state index in [9.17, 15) is 18.4 Å². The van der Waals surface area contributed by atoms with E-state index in [4.69, 9.17) is 0 Å². The molecule has 0 aliphatic carbocycles. The lowest BCUT2D eigenvalue weighted by Crippen LogP contribution is -2.47. The van der Waals surface area contributed by atoms with Crippen molar-refractivity contribution in [2.45, 2.75) is 26.0 Å². The highest BCUT2D eigenvalue weighted by molar-refractivity contribution is 7.09. The first kappa shape index (κ1) is 20.1. The number of rotatable bonds is 6. The zero-order valence-electron chi connectivity index (χ0n) is 15.1. The van der Waals surface area contributed by atoms with E-state index in [1.165, 1.54) is 18.2 Å². The minimum absolute atomic E-state index is 0.0222. The highest BCUT2D eigenvalue weighted by Crippen LogP contribution is 2.22. The third kappa shape index (κ3) is 5.66. The van der Waals surface area contributed by atoms with Crippen LogP contribution in [-0.4, -0.2) is 36.5 Å². The Kier molecular flexibility index (Phi) is 6.80. The number of urea groups is 1. The summed E-state index contributed by atoms with van der Waals surface area (Å²) in [4.78, 5) is 27.6. The number of nitrogens with zero attached hydrogens (tertiary/aromatic N) is 1. The summed E-state index contributed by atoms with van der Waals surface area (Å²) in [5, 5.41) is 7.53. The second-order valence-corrected chi connectivity index (χ2v) is 7.45. The van der Waals surface area contributed by atoms with Crippen LogP contribution in [0.3, 0.4) is 0 Å². The number of carbonyl (C=O) groups is 2. The topological polar surface area (TPSA) is 70.7 Å². The molecule has 9 heteroatoms. The number of benzene rings is 1. The lowest BCUT2D eigenvalue weighted by molar-refractivity contribution is -0.121. The summed E-state index contributed by atoms with van der Waals surface area (Å²) in [5.41, 5.74) is 0.377. The molecule has 0 spiro atoms. The van der Waals surface area contributed by atoms with Gasteiger partial charge in [-0.05, 0) is 36.4 Å². The lowest BCUT2D eigenvalue weighted by atomic mass is 9.97. The molecule has 2 aromatic rings. The Balaban J connectivity index is 1.53. The first-order chi connectivity index (χ1) is 13.5. The molecule has 0 saturated carbocycles. The minimum Gasteiger partial charge on any atom is -0.435 e. The molecule has 1 aromatic carbocycles. The quantitative estimate of drug-likeness (QED) is 0.760. The third-order valence-electron chi connectivity index (χ3n) is 4.40. The van der Waals surface area contributed by atoms with E-state index < -0.39 is 6.61 Å². The van der Waals surface area contributed by atoms with Crippen LogP contribution in [0.15, 0.2) is 41.8 Å². The van der Waals surface area contributed by atoms with Crippen LogP contribution in [0.2, 0.25) is 0 Å². The van der Waals surface area contributed by atoms with Crippen LogP contribution in [0.25, 0.3) is 0 Å². The van der Waals surface area contributed by atoms with Gasteiger partial charge in [-0.25, -0.2) is 4.79 Å². The van der Waals surface area contributed by atoms with Crippen molar-refractivity contribution in [1.29, 1.82) is 0 Å². The molecule has 1 aliphatic rings. The zero-order chi connectivity index (χ0) is 19.9. The highest BCUT2D eigenvalue weighted by atomic mass is 32.1. The average molecular weight is 409 g/mol. The van der Waals surface area contributed by atoms with Crippen LogP contribution in [-0.2, 0) is 11.3 Å². The van der Waals surface area contributed by atoms with Gasteiger partial charge < -0.3 is 20.3 Å². The molecule has 150 valence electrons. The fourth-order valence-corrected chi connectivity index (χ4v) is 3.70. The molecule has 1 fully saturated rings. The van der Waals surface area contributed by atoms with Gasteiger partial charge in [-0.2, -0.15) is 8.78 Å². The standard InChI is InChI=1S/C19H21F2N3O3S/c20-18(21)27-15-6-1-5-14(10-15)23-17(25)13-4-2-8-24(12-13)19(26)22-11-16-7-3-9-28-16/h1,3,5-7,9-10,13,18H,2,4,8,11-12H2,(H,22,26)(H,23,25). The number of halogens is 2. The molecule has 1 unspecified atom stereocenters. The molecule has 1 aromatic heterocycles. The molecule has 3 amide bonds. The molecule has 2 heterocycles. The molecule has 0 bridgehead atoms. The van der Waals surface area contributed by atoms with Gasteiger partial charge in [0.2, 0.25) is 5.91 Å². The smallest absolute Gasteiger partial charge is 0.387 e. The second-order valence-electron chi connectivity index (χ2n) is 6.42. The fourth-order valence-electron chi connectivity index (χ4n) is 3.06. The first-order valence-electron chi connectivity index (χ1n) is 8.92. The van der Waals surface area contributed by atoms with E-state index in [1.807, 2.05) is 17.5 Å². The number of anilines is 1. The molecular weight excluding hydrogens is 388 g/mol. The number of carbonyl (C=O) groups excluding carboxylic acids is 2. The number of hydrogen-bond acceptors (Lipinski definition) is 4. The van der Waals surface area contributed by atoms with Gasteiger partial charge in [0.1, 0.15) is 5.75 Å². The first-order valence-corrected chi connectivity index (χ1v) is 9.80. The van der Waals surface area contributed by atoms with Gasteiger partial charge in [-0.3, -0.25) is 4.79 Å². The number of alkyl halides is 2. The van der Waals surface area contributed by atoms with Crippen molar-refractivity contribution in [3.63, 3.8) is 0 Å². The Bertz CT molecular complexity index is 801. The van der Waals surface area contributed by atoms with Gasteiger partial charge in [0.25, 0.3) is 0 Å². The van der Waals surface area contributed by atoms with Crippen molar-refractivity contribution >= 4 is 29.0 Å². The minimum atomic E-state index is -2.93. The van der Waals surface area contributed by atoms with Crippen molar-refractivity contribution in [3.8, 4) is 5.75 Å². The summed E-state index contributed by atoms with van der Waals surface area (Å²) in [6.45, 7) is -1.56. The number of likely N-dealkylation sites (tertiary alicyclic amines) is 1. The Morgan fingerprint density at radius 2 is 2.14 bits per heavy atom. The van der Waals surface area contributed by atoms with Crippen molar-refractivity contribution in [3.05, 3.63) is 46.7 Å². The summed E-state index contributed by atoms with van der Waals surface area (Å²) in [6.07, 6.45) is 1.38. The number of amides is 3. The molecule has 1 atom stereocenters. The largest absolute Gasteiger partial charge is 0.435 e. The Hall–Kier alpha value is -2.68. The van der Waals surface area contributed by atoms with Gasteiger partial charge >= 0.3 is 12.6 Å². The van der Waals surface area contributed by atoms with E-state index in [1.54, 1.807) is 22.3 Å². The Morgan fingerprint density at radius 3 is 2.89 bits per heavy atom. The molecule has 3 rings (SSSR count). The number of piperidine rings is 1. The van der Waals surface area contributed by atoms with Gasteiger partial charge in [-0.1, -0.05) is 12.1 Å². The van der Waals surface area contributed by atoms with Crippen LogP contribution < -0.4 is 15.4 Å². The summed E-state index contributed by atoms with van der Waals surface area (Å²) < 4.78 is 29.0. The van der Waals surface area contributed by atoms with Gasteiger partial charge in [-0.15, -0.1) is 11.3 Å². The summed E-state index contributed by atoms with van der Waals surface area (Å²) in [5.74, 6) is -0.628. The third-order valence-corrected chi connectivity index (χ3v) is 5.28. The summed E-state index contributed by atoms with van der Waals surface area (Å²) in [7, 11) is 0. The molecule has 28 heavy (non-hydrogen) atoms. The molecule has 1 aliphatic heterocycles. The Labute approximate surface area is 165 Å². The van der Waals surface area contributed by atoms with Crippen LogP contribution in [0.1, 0.15) is 17.7 Å². The fraction of sp³-hybridized carbons (Fsp3) is 0.368. The maximum Gasteiger partial charge on any atom is 0.387 e. The van der Waals surface area contributed by atoms with Gasteiger partial charge in [0.15, 0.2) is 0 Å². The number of nitrogens with one attached hydrogen (secondary N) is 2. The monoisotopic (exact) mass is 409 g/mol. The van der Waals surface area contributed by atoms with Crippen molar-refractivity contribution in [2.75, 3.05) is 18.4 Å². The lowest BCUT2D eigenvalue weighted by Gasteiger charge is -2.32. The molecular formula is C19H21F2N3O3S. The van der Waals surface area contributed by atoms with E-state index >= 15 is 0 Å². The van der Waals surface area contributed by atoms with Gasteiger partial charge in [0, 0.05) is 29.7 Å². The second kappa shape index (κ2) is 9.50. The maximum atomic E-state index is 12.6. The normalized spacial score (nSPS) is 16.7. The summed E-state index contributed by atoms with van der Waals surface area (Å²) >= 11 is 1.57. The molecule has 1 saturated heterocycles. The van der Waals surface area contributed by atoms with Crippen molar-refractivity contribution in [1.82, 2.24) is 10.2 Å². The van der Waals surface area contributed by atoms with E-state index in [-0.39, 0.29) is 23.6 Å². The average Bonchev–Trinajstić information content (AvgIpc) is 3.19. The molecule has 2 N–H and O–H groups in total. The highest BCUT2D eigenvalue weighted by Gasteiger charge is 2.28. The van der Waals surface area contributed by atoms with E-state index in [2.05, 4.69) is 15.4 Å². The van der Waals surface area contributed by atoms with E-state index in [0.29, 0.717) is 31.7 Å². The Morgan fingerprint density at radius 1 is 1.29 bits per heavy atom.